The first-order valence-electron chi connectivity index (χ1n) is 4.19. The summed E-state index contributed by atoms with van der Waals surface area (Å²) in [6, 6.07) is 9.55. The molecule has 68 valence electrons. The lowest BCUT2D eigenvalue weighted by Gasteiger charge is -2.05. The van der Waals surface area contributed by atoms with Gasteiger partial charge in [0.25, 0.3) is 0 Å². The van der Waals surface area contributed by atoms with Gasteiger partial charge < -0.3 is 0 Å². The summed E-state index contributed by atoms with van der Waals surface area (Å²) in [7, 11) is 0. The predicted octanol–water partition coefficient (Wildman–Crippen LogP) is 3.26. The normalized spacial score (nSPS) is 11.3. The minimum atomic E-state index is -0.235. The molecule has 1 rings (SSSR count). The van der Waals surface area contributed by atoms with Gasteiger partial charge in [0.05, 0.1) is 0 Å². The molecule has 0 aliphatic rings. The molecular weight excluding hydrogens is 152 g/mol. The largest absolute Gasteiger partial charge is 0.251 e. The number of rotatable bonds is 2. The first-order chi connectivity index (χ1) is 5.84. The van der Waals surface area contributed by atoms with Crippen LogP contribution in [-0.2, 0) is 4.89 Å². The smallest absolute Gasteiger partial charge is 0.115 e. The van der Waals surface area contributed by atoms with Crippen LogP contribution in [0.1, 0.15) is 32.4 Å². The van der Waals surface area contributed by atoms with Crippen LogP contribution >= 0.6 is 0 Å². The molecule has 1 N–H and O–H groups in total. The van der Waals surface area contributed by atoms with Gasteiger partial charge in [0.1, 0.15) is 6.10 Å². The third kappa shape index (κ3) is 3.51. The van der Waals surface area contributed by atoms with Crippen LogP contribution in [0, 0.1) is 0 Å². The van der Waals surface area contributed by atoms with Crippen molar-refractivity contribution in [2.24, 2.45) is 0 Å². The summed E-state index contributed by atoms with van der Waals surface area (Å²) in [6.45, 7) is 5.79. The molecule has 0 fully saturated rings. The third-order valence-electron chi connectivity index (χ3n) is 1.43. The van der Waals surface area contributed by atoms with E-state index in [0.717, 1.165) is 5.56 Å². The molecule has 0 aromatic heterocycles. The van der Waals surface area contributed by atoms with E-state index in [1.54, 1.807) is 6.92 Å². The molecule has 1 atom stereocenters. The van der Waals surface area contributed by atoms with Gasteiger partial charge >= 0.3 is 0 Å². The molecule has 1 unspecified atom stereocenters. The van der Waals surface area contributed by atoms with E-state index in [-0.39, 0.29) is 6.10 Å². The zero-order valence-electron chi connectivity index (χ0n) is 7.82. The lowest BCUT2D eigenvalue weighted by molar-refractivity contribution is -0.277. The molecule has 1 aromatic rings. The summed E-state index contributed by atoms with van der Waals surface area (Å²) in [5.74, 6) is 0. The van der Waals surface area contributed by atoms with E-state index < -0.39 is 0 Å². The van der Waals surface area contributed by atoms with Gasteiger partial charge in [0.2, 0.25) is 0 Å². The molecule has 2 nitrogen and oxygen atoms in total. The van der Waals surface area contributed by atoms with E-state index in [9.17, 15) is 0 Å². The Bertz CT molecular complexity index is 184. The van der Waals surface area contributed by atoms with Crippen LogP contribution in [0.5, 0.6) is 0 Å². The average Bonchev–Trinajstić information content (AvgIpc) is 2.21. The first kappa shape index (κ1) is 11.1. The maximum atomic E-state index is 8.29. The molecule has 0 spiro atoms. The Labute approximate surface area is 73.7 Å². The van der Waals surface area contributed by atoms with Gasteiger partial charge in [-0.2, -0.15) is 0 Å². The van der Waals surface area contributed by atoms with E-state index >= 15 is 0 Å². The fourth-order valence-electron chi connectivity index (χ4n) is 0.785. The predicted molar refractivity (Wildman–Crippen MR) is 49.9 cm³/mol. The Morgan fingerprint density at radius 1 is 1.17 bits per heavy atom. The van der Waals surface area contributed by atoms with Crippen LogP contribution in [0.25, 0.3) is 0 Å². The van der Waals surface area contributed by atoms with Crippen LogP contribution in [-0.4, -0.2) is 5.26 Å². The van der Waals surface area contributed by atoms with Gasteiger partial charge in [-0.3, -0.25) is 5.26 Å². The SMILES string of the molecule is CC.CC(OO)c1ccccc1. The summed E-state index contributed by atoms with van der Waals surface area (Å²) in [6.07, 6.45) is -0.235. The van der Waals surface area contributed by atoms with Crippen molar-refractivity contribution >= 4 is 0 Å². The van der Waals surface area contributed by atoms with Crippen LogP contribution in [0.2, 0.25) is 0 Å². The fraction of sp³-hybridized carbons (Fsp3) is 0.400. The van der Waals surface area contributed by atoms with Crippen molar-refractivity contribution in [1.29, 1.82) is 0 Å². The fourth-order valence-corrected chi connectivity index (χ4v) is 0.785. The number of benzene rings is 1. The highest BCUT2D eigenvalue weighted by Gasteiger charge is 2.01. The van der Waals surface area contributed by atoms with E-state index in [4.69, 9.17) is 5.26 Å². The second-order valence-electron chi connectivity index (χ2n) is 2.16. The highest BCUT2D eigenvalue weighted by atomic mass is 17.1. The van der Waals surface area contributed by atoms with Crippen molar-refractivity contribution in [2.75, 3.05) is 0 Å². The number of hydrogen-bond donors (Lipinski definition) is 1. The minimum absolute atomic E-state index is 0.235. The Hall–Kier alpha value is -0.860. The van der Waals surface area contributed by atoms with Crippen molar-refractivity contribution in [2.45, 2.75) is 26.9 Å². The quantitative estimate of drug-likeness (QED) is 0.542. The minimum Gasteiger partial charge on any atom is -0.251 e. The van der Waals surface area contributed by atoms with Gasteiger partial charge in [-0.05, 0) is 12.5 Å². The van der Waals surface area contributed by atoms with Crippen molar-refractivity contribution < 1.29 is 10.1 Å². The first-order valence-corrected chi connectivity index (χ1v) is 4.19. The van der Waals surface area contributed by atoms with Gasteiger partial charge in [-0.15, -0.1) is 0 Å². The molecule has 0 bridgehead atoms. The Morgan fingerprint density at radius 3 is 2.08 bits per heavy atom. The summed E-state index contributed by atoms with van der Waals surface area (Å²) < 4.78 is 0. The molecule has 0 aliphatic heterocycles. The zero-order valence-corrected chi connectivity index (χ0v) is 7.82. The summed E-state index contributed by atoms with van der Waals surface area (Å²) in [4.78, 5) is 4.14. The van der Waals surface area contributed by atoms with E-state index in [1.807, 2.05) is 44.2 Å². The summed E-state index contributed by atoms with van der Waals surface area (Å²) in [5.41, 5.74) is 0.977. The van der Waals surface area contributed by atoms with Crippen LogP contribution < -0.4 is 0 Å². The molecule has 0 aliphatic carbocycles. The van der Waals surface area contributed by atoms with Crippen molar-refractivity contribution in [3.05, 3.63) is 35.9 Å². The lowest BCUT2D eigenvalue weighted by Crippen LogP contribution is -1.94. The van der Waals surface area contributed by atoms with Crippen LogP contribution in [0.4, 0.5) is 0 Å². The summed E-state index contributed by atoms with van der Waals surface area (Å²) in [5, 5.41) is 8.29. The Morgan fingerprint density at radius 2 is 1.67 bits per heavy atom. The topological polar surface area (TPSA) is 29.5 Å². The molecule has 1 aromatic carbocycles. The van der Waals surface area contributed by atoms with Gasteiger partial charge in [0, 0.05) is 0 Å². The van der Waals surface area contributed by atoms with E-state index in [0.29, 0.717) is 0 Å². The van der Waals surface area contributed by atoms with E-state index in [2.05, 4.69) is 4.89 Å². The second kappa shape index (κ2) is 6.83. The zero-order chi connectivity index (χ0) is 9.40. The molecule has 12 heavy (non-hydrogen) atoms. The molecule has 0 heterocycles. The Balaban J connectivity index is 0.000000561. The molecular formula is C10H16O2. The molecule has 0 saturated heterocycles. The monoisotopic (exact) mass is 168 g/mol. The second-order valence-corrected chi connectivity index (χ2v) is 2.16. The Kier molecular flexibility index (Phi) is 6.34. The van der Waals surface area contributed by atoms with Gasteiger partial charge in [-0.1, -0.05) is 44.2 Å². The highest BCUT2D eigenvalue weighted by molar-refractivity contribution is 5.16. The van der Waals surface area contributed by atoms with Crippen molar-refractivity contribution in [1.82, 2.24) is 0 Å². The third-order valence-corrected chi connectivity index (χ3v) is 1.43. The molecule has 2 heteroatoms. The van der Waals surface area contributed by atoms with Crippen molar-refractivity contribution in [3.8, 4) is 0 Å². The maximum absolute atomic E-state index is 8.29. The molecule has 0 radical (unpaired) electrons. The van der Waals surface area contributed by atoms with Crippen LogP contribution in [0.15, 0.2) is 30.3 Å². The van der Waals surface area contributed by atoms with Gasteiger partial charge in [0.15, 0.2) is 0 Å². The summed E-state index contributed by atoms with van der Waals surface area (Å²) >= 11 is 0. The van der Waals surface area contributed by atoms with Crippen molar-refractivity contribution in [3.63, 3.8) is 0 Å². The highest BCUT2D eigenvalue weighted by Crippen LogP contribution is 2.13. The molecule has 0 saturated carbocycles. The van der Waals surface area contributed by atoms with Gasteiger partial charge in [-0.25, -0.2) is 4.89 Å². The maximum Gasteiger partial charge on any atom is 0.115 e. The molecule has 0 amide bonds. The number of hydrogen-bond acceptors (Lipinski definition) is 2. The van der Waals surface area contributed by atoms with Crippen LogP contribution in [0.3, 0.4) is 0 Å². The lowest BCUT2D eigenvalue weighted by atomic mass is 10.1. The standard InChI is InChI=1S/C8H10O2.C2H6/c1-7(10-9)8-5-3-2-4-6-8;1-2/h2-7,9H,1H3;1-2H3. The average molecular weight is 168 g/mol. The van der Waals surface area contributed by atoms with E-state index in [1.165, 1.54) is 0 Å².